The minimum absolute atomic E-state index is 0.0792. The van der Waals surface area contributed by atoms with Crippen molar-refractivity contribution < 1.29 is 4.79 Å². The second-order valence-electron chi connectivity index (χ2n) is 9.03. The molecule has 1 aromatic heterocycles. The Hall–Kier alpha value is -2.60. The minimum Gasteiger partial charge on any atom is -0.346 e. The van der Waals surface area contributed by atoms with Crippen LogP contribution in [-0.4, -0.2) is 20.7 Å². The molecular formula is C28H38N4OS. The Bertz CT molecular complexity index is 1040. The van der Waals surface area contributed by atoms with Crippen LogP contribution in [0.3, 0.4) is 0 Å². The lowest BCUT2D eigenvalue weighted by Crippen LogP contribution is -2.28. The third kappa shape index (κ3) is 7.45. The van der Waals surface area contributed by atoms with Crippen molar-refractivity contribution in [3.05, 3.63) is 71.0 Å². The average molecular weight is 479 g/mol. The zero-order valence-electron chi connectivity index (χ0n) is 21.0. The van der Waals surface area contributed by atoms with Crippen molar-refractivity contribution in [2.45, 2.75) is 89.6 Å². The summed E-state index contributed by atoms with van der Waals surface area (Å²) >= 11 is 1.67. The van der Waals surface area contributed by atoms with Crippen LogP contribution in [0.2, 0.25) is 0 Å². The topological polar surface area (TPSA) is 59.8 Å². The smallest absolute Gasteiger partial charge is 0.220 e. The van der Waals surface area contributed by atoms with Crippen molar-refractivity contribution in [1.29, 1.82) is 0 Å². The van der Waals surface area contributed by atoms with Gasteiger partial charge in [-0.05, 0) is 50.5 Å². The number of hydrogen-bond acceptors (Lipinski definition) is 4. The van der Waals surface area contributed by atoms with E-state index < -0.39 is 0 Å². The number of nitrogens with zero attached hydrogens (tertiary/aromatic N) is 3. The lowest BCUT2D eigenvalue weighted by molar-refractivity contribution is -0.121. The van der Waals surface area contributed by atoms with Gasteiger partial charge in [-0.25, -0.2) is 0 Å². The molecular weight excluding hydrogens is 440 g/mol. The molecule has 6 heteroatoms. The summed E-state index contributed by atoms with van der Waals surface area (Å²) in [6.07, 6.45) is 7.60. The Kier molecular flexibility index (Phi) is 10.2. The number of thioether (sulfide) groups is 1. The van der Waals surface area contributed by atoms with E-state index in [0.717, 1.165) is 35.3 Å². The number of aromatic nitrogens is 3. The van der Waals surface area contributed by atoms with Crippen LogP contribution in [0.15, 0.2) is 53.7 Å². The molecule has 0 saturated carbocycles. The first-order chi connectivity index (χ1) is 16.5. The predicted molar refractivity (Wildman–Crippen MR) is 141 cm³/mol. The third-order valence-electron chi connectivity index (χ3n) is 6.09. The molecule has 1 N–H and O–H groups in total. The number of unbranched alkanes of at least 4 members (excludes halogenated alkanes) is 5. The van der Waals surface area contributed by atoms with Crippen LogP contribution in [0.4, 0.5) is 0 Å². The Morgan fingerprint density at radius 2 is 1.68 bits per heavy atom. The van der Waals surface area contributed by atoms with Crippen molar-refractivity contribution in [3.8, 4) is 5.69 Å². The van der Waals surface area contributed by atoms with Gasteiger partial charge in [0, 0.05) is 17.9 Å². The Morgan fingerprint density at radius 1 is 0.971 bits per heavy atom. The highest BCUT2D eigenvalue weighted by Gasteiger charge is 2.21. The van der Waals surface area contributed by atoms with E-state index in [1.54, 1.807) is 11.8 Å². The number of benzene rings is 2. The van der Waals surface area contributed by atoms with Crippen molar-refractivity contribution in [1.82, 2.24) is 20.1 Å². The highest BCUT2D eigenvalue weighted by Crippen LogP contribution is 2.28. The molecule has 3 rings (SSSR count). The summed E-state index contributed by atoms with van der Waals surface area (Å²) in [6, 6.07) is 16.6. The molecule has 0 bridgehead atoms. The van der Waals surface area contributed by atoms with Crippen molar-refractivity contribution in [3.63, 3.8) is 0 Å². The lowest BCUT2D eigenvalue weighted by atomic mass is 10.1. The first kappa shape index (κ1) is 26.0. The second-order valence-corrected chi connectivity index (χ2v) is 9.98. The molecule has 1 atom stereocenters. The van der Waals surface area contributed by atoms with E-state index in [9.17, 15) is 4.79 Å². The summed E-state index contributed by atoms with van der Waals surface area (Å²) in [5.41, 5.74) is 4.77. The van der Waals surface area contributed by atoms with E-state index in [2.05, 4.69) is 89.4 Å². The maximum atomic E-state index is 12.6. The summed E-state index contributed by atoms with van der Waals surface area (Å²) in [5.74, 6) is 1.65. The van der Waals surface area contributed by atoms with Crippen LogP contribution >= 0.6 is 11.8 Å². The normalized spacial score (nSPS) is 12.0. The first-order valence-corrected chi connectivity index (χ1v) is 13.5. The van der Waals surface area contributed by atoms with Gasteiger partial charge < -0.3 is 5.32 Å². The maximum absolute atomic E-state index is 12.6. The molecule has 1 heterocycles. The summed E-state index contributed by atoms with van der Waals surface area (Å²) < 4.78 is 2.08. The van der Waals surface area contributed by atoms with Gasteiger partial charge in [0.2, 0.25) is 5.91 Å². The van der Waals surface area contributed by atoms with Gasteiger partial charge in [0.15, 0.2) is 11.0 Å². The standard InChI is InChI=1S/C28H38N4OS/c1-5-6-7-8-9-10-15-26(33)29-23(4)27-30-31-28(32(27)25-18-16-21(2)17-19-25)34-20-24-14-12-11-13-22(24)3/h11-14,16-19,23H,5-10,15,20H2,1-4H3,(H,29,33). The number of amides is 1. The van der Waals surface area contributed by atoms with Gasteiger partial charge in [0.25, 0.3) is 0 Å². The molecule has 1 amide bonds. The van der Waals surface area contributed by atoms with Gasteiger partial charge in [0.1, 0.15) is 0 Å². The van der Waals surface area contributed by atoms with E-state index in [1.165, 1.54) is 42.4 Å². The van der Waals surface area contributed by atoms with Gasteiger partial charge in [0.05, 0.1) is 6.04 Å². The average Bonchev–Trinajstić information content (AvgIpc) is 3.25. The first-order valence-electron chi connectivity index (χ1n) is 12.5. The van der Waals surface area contributed by atoms with E-state index in [0.29, 0.717) is 6.42 Å². The number of hydrogen-bond donors (Lipinski definition) is 1. The van der Waals surface area contributed by atoms with Crippen LogP contribution in [0.1, 0.15) is 87.3 Å². The largest absolute Gasteiger partial charge is 0.346 e. The van der Waals surface area contributed by atoms with E-state index in [4.69, 9.17) is 0 Å². The van der Waals surface area contributed by atoms with Crippen molar-refractivity contribution in [2.24, 2.45) is 0 Å². The highest BCUT2D eigenvalue weighted by molar-refractivity contribution is 7.98. The maximum Gasteiger partial charge on any atom is 0.220 e. The molecule has 0 aliphatic rings. The molecule has 5 nitrogen and oxygen atoms in total. The fraction of sp³-hybridized carbons (Fsp3) is 0.464. The van der Waals surface area contributed by atoms with Crippen LogP contribution in [0.5, 0.6) is 0 Å². The molecule has 1 unspecified atom stereocenters. The monoisotopic (exact) mass is 478 g/mol. The Labute approximate surface area is 208 Å². The van der Waals surface area contributed by atoms with E-state index in [1.807, 2.05) is 6.92 Å². The fourth-order valence-corrected chi connectivity index (χ4v) is 4.99. The van der Waals surface area contributed by atoms with Crippen molar-refractivity contribution in [2.75, 3.05) is 0 Å². The quantitative estimate of drug-likeness (QED) is 0.210. The molecule has 0 fully saturated rings. The molecule has 0 saturated heterocycles. The van der Waals surface area contributed by atoms with Crippen LogP contribution in [0, 0.1) is 13.8 Å². The van der Waals surface area contributed by atoms with Gasteiger partial charge >= 0.3 is 0 Å². The number of nitrogens with one attached hydrogen (secondary N) is 1. The highest BCUT2D eigenvalue weighted by atomic mass is 32.2. The van der Waals surface area contributed by atoms with Crippen molar-refractivity contribution >= 4 is 17.7 Å². The van der Waals surface area contributed by atoms with Gasteiger partial charge in [-0.2, -0.15) is 0 Å². The lowest BCUT2D eigenvalue weighted by Gasteiger charge is -2.17. The Morgan fingerprint density at radius 3 is 2.41 bits per heavy atom. The second kappa shape index (κ2) is 13.3. The number of carbonyl (C=O) groups excluding carboxylic acids is 1. The summed E-state index contributed by atoms with van der Waals surface area (Å²) in [5, 5.41) is 13.0. The number of rotatable bonds is 13. The van der Waals surface area contributed by atoms with Gasteiger partial charge in [-0.3, -0.25) is 9.36 Å². The summed E-state index contributed by atoms with van der Waals surface area (Å²) in [7, 11) is 0. The van der Waals surface area contributed by atoms with Crippen LogP contribution in [0.25, 0.3) is 5.69 Å². The summed E-state index contributed by atoms with van der Waals surface area (Å²) in [4.78, 5) is 12.6. The molecule has 2 aromatic carbocycles. The van der Waals surface area contributed by atoms with Crippen LogP contribution < -0.4 is 5.32 Å². The zero-order chi connectivity index (χ0) is 24.3. The molecule has 3 aromatic rings. The molecule has 0 radical (unpaired) electrons. The number of aryl methyl sites for hydroxylation is 2. The Balaban J connectivity index is 1.71. The molecule has 0 aliphatic carbocycles. The molecule has 0 aliphatic heterocycles. The SMILES string of the molecule is CCCCCCCCC(=O)NC(C)c1nnc(SCc2ccccc2C)n1-c1ccc(C)cc1. The third-order valence-corrected chi connectivity index (χ3v) is 7.07. The minimum atomic E-state index is -0.228. The zero-order valence-corrected chi connectivity index (χ0v) is 21.8. The van der Waals surface area contributed by atoms with Crippen LogP contribution in [-0.2, 0) is 10.5 Å². The number of carbonyl (C=O) groups is 1. The van der Waals surface area contributed by atoms with E-state index >= 15 is 0 Å². The van der Waals surface area contributed by atoms with E-state index in [-0.39, 0.29) is 11.9 Å². The van der Waals surface area contributed by atoms with Gasteiger partial charge in [-0.15, -0.1) is 10.2 Å². The van der Waals surface area contributed by atoms with Gasteiger partial charge in [-0.1, -0.05) is 92.8 Å². The molecule has 182 valence electrons. The fourth-order valence-electron chi connectivity index (χ4n) is 3.95. The summed E-state index contributed by atoms with van der Waals surface area (Å²) in [6.45, 7) is 8.42. The molecule has 0 spiro atoms. The predicted octanol–water partition coefficient (Wildman–Crippen LogP) is 7.10. The molecule has 34 heavy (non-hydrogen) atoms.